The molecule has 24 heavy (non-hydrogen) atoms. The lowest BCUT2D eigenvalue weighted by molar-refractivity contribution is -0.124. The van der Waals surface area contributed by atoms with Gasteiger partial charge in [-0.1, -0.05) is 83.6 Å². The third-order valence-electron chi connectivity index (χ3n) is 4.18. The fourth-order valence-corrected chi connectivity index (χ4v) is 2.65. The Hall–Kier alpha value is -1.32. The van der Waals surface area contributed by atoms with Crippen molar-refractivity contribution in [1.82, 2.24) is 5.32 Å². The third-order valence-corrected chi connectivity index (χ3v) is 4.18. The number of carbonyl (C=O) groups excluding carboxylic acids is 2. The van der Waals surface area contributed by atoms with E-state index in [4.69, 9.17) is 5.73 Å². The quantitative estimate of drug-likeness (QED) is 0.367. The second-order valence-corrected chi connectivity index (χ2v) is 6.61. The van der Waals surface area contributed by atoms with E-state index in [0.717, 1.165) is 6.42 Å². The summed E-state index contributed by atoms with van der Waals surface area (Å²) in [5.74, 6) is -0.592. The van der Waals surface area contributed by atoms with Gasteiger partial charge in [0.25, 0.3) is 0 Å². The zero-order valence-electron chi connectivity index (χ0n) is 15.7. The number of rotatable bonds is 17. The van der Waals surface area contributed by atoms with E-state index in [-0.39, 0.29) is 18.7 Å². The van der Waals surface area contributed by atoms with E-state index in [1.807, 2.05) is 6.08 Å². The average molecular weight is 339 g/mol. The van der Waals surface area contributed by atoms with Gasteiger partial charge in [0.05, 0.1) is 0 Å². The first-order chi connectivity index (χ1) is 11.7. The molecule has 0 radical (unpaired) electrons. The van der Waals surface area contributed by atoms with Crippen LogP contribution in [-0.4, -0.2) is 11.8 Å². The van der Waals surface area contributed by atoms with Gasteiger partial charge in [0.15, 0.2) is 0 Å². The highest BCUT2D eigenvalue weighted by Gasteiger charge is 2.00. The fraction of sp³-hybridized carbons (Fsp3) is 0.800. The van der Waals surface area contributed by atoms with Crippen LogP contribution < -0.4 is 11.1 Å². The van der Waals surface area contributed by atoms with E-state index in [9.17, 15) is 9.59 Å². The predicted molar refractivity (Wildman–Crippen MR) is 101 cm³/mol. The molecule has 140 valence electrons. The van der Waals surface area contributed by atoms with Crippen molar-refractivity contribution in [2.45, 2.75) is 103 Å². The standard InChI is InChI=1S/C20H38N2O2/c1-2-3-4-5-6-7-8-9-10-11-12-13-14-15-18-22-20(24)17-16-19(21)23/h15,18H,2-14,16-17H2,1H3,(H2,21,23)(H,22,24). The first-order valence-corrected chi connectivity index (χ1v) is 9.89. The highest BCUT2D eigenvalue weighted by Crippen LogP contribution is 2.12. The van der Waals surface area contributed by atoms with Crippen LogP contribution in [0.5, 0.6) is 0 Å². The van der Waals surface area contributed by atoms with E-state index in [2.05, 4.69) is 12.2 Å². The van der Waals surface area contributed by atoms with E-state index < -0.39 is 5.91 Å². The van der Waals surface area contributed by atoms with Crippen LogP contribution in [0.1, 0.15) is 103 Å². The van der Waals surface area contributed by atoms with Gasteiger partial charge in [0.2, 0.25) is 11.8 Å². The van der Waals surface area contributed by atoms with Crippen molar-refractivity contribution in [2.75, 3.05) is 0 Å². The summed E-state index contributed by atoms with van der Waals surface area (Å²) in [5, 5.41) is 2.65. The van der Waals surface area contributed by atoms with Crippen LogP contribution in [0, 0.1) is 0 Å². The van der Waals surface area contributed by atoms with Crippen molar-refractivity contribution in [2.24, 2.45) is 5.73 Å². The van der Waals surface area contributed by atoms with Gasteiger partial charge in [0, 0.05) is 12.8 Å². The number of carbonyl (C=O) groups is 2. The summed E-state index contributed by atoms with van der Waals surface area (Å²) in [4.78, 5) is 21.9. The molecule has 0 aromatic rings. The van der Waals surface area contributed by atoms with Crippen molar-refractivity contribution < 1.29 is 9.59 Å². The molecule has 0 spiro atoms. The van der Waals surface area contributed by atoms with Crippen molar-refractivity contribution in [3.05, 3.63) is 12.3 Å². The molecule has 0 heterocycles. The molecule has 0 rings (SSSR count). The molecule has 0 fully saturated rings. The topological polar surface area (TPSA) is 72.2 Å². The number of amides is 2. The molecule has 0 bridgehead atoms. The second-order valence-electron chi connectivity index (χ2n) is 6.61. The number of hydrogen-bond donors (Lipinski definition) is 2. The zero-order chi connectivity index (χ0) is 17.9. The van der Waals surface area contributed by atoms with Crippen LogP contribution in [0.3, 0.4) is 0 Å². The Morgan fingerprint density at radius 1 is 0.792 bits per heavy atom. The largest absolute Gasteiger partial charge is 0.370 e. The van der Waals surface area contributed by atoms with E-state index >= 15 is 0 Å². The number of primary amides is 1. The maximum atomic E-state index is 11.3. The van der Waals surface area contributed by atoms with Crippen LogP contribution in [0.15, 0.2) is 12.3 Å². The minimum atomic E-state index is -0.439. The number of nitrogens with two attached hydrogens (primary N) is 1. The molecule has 0 aliphatic heterocycles. The van der Waals surface area contributed by atoms with Gasteiger partial charge in [0.1, 0.15) is 0 Å². The fourth-order valence-electron chi connectivity index (χ4n) is 2.65. The molecule has 0 aromatic carbocycles. The summed E-state index contributed by atoms with van der Waals surface area (Å²) < 4.78 is 0. The lowest BCUT2D eigenvalue weighted by Crippen LogP contribution is -2.20. The Labute approximate surface area is 148 Å². The molecule has 0 aliphatic carbocycles. The maximum Gasteiger partial charge on any atom is 0.224 e. The average Bonchev–Trinajstić information content (AvgIpc) is 2.56. The summed E-state index contributed by atoms with van der Waals surface area (Å²) in [6.45, 7) is 2.26. The zero-order valence-corrected chi connectivity index (χ0v) is 15.7. The van der Waals surface area contributed by atoms with Crippen LogP contribution in [0.4, 0.5) is 0 Å². The van der Waals surface area contributed by atoms with Crippen molar-refractivity contribution in [3.63, 3.8) is 0 Å². The molecule has 0 saturated carbocycles. The summed E-state index contributed by atoms with van der Waals surface area (Å²) in [5.41, 5.74) is 4.99. The van der Waals surface area contributed by atoms with E-state index in [1.54, 1.807) is 6.20 Å². The third kappa shape index (κ3) is 18.7. The summed E-state index contributed by atoms with van der Waals surface area (Å²) in [6.07, 6.45) is 21.2. The van der Waals surface area contributed by atoms with Gasteiger partial charge >= 0.3 is 0 Å². The van der Waals surface area contributed by atoms with Crippen LogP contribution in [0.25, 0.3) is 0 Å². The second kappa shape index (κ2) is 18.0. The van der Waals surface area contributed by atoms with Crippen molar-refractivity contribution in [3.8, 4) is 0 Å². The molecule has 0 saturated heterocycles. The van der Waals surface area contributed by atoms with Gasteiger partial charge < -0.3 is 11.1 Å². The first kappa shape index (κ1) is 22.7. The number of hydrogen-bond acceptors (Lipinski definition) is 2. The van der Waals surface area contributed by atoms with Gasteiger partial charge in [-0.15, -0.1) is 0 Å². The monoisotopic (exact) mass is 338 g/mol. The van der Waals surface area contributed by atoms with Crippen molar-refractivity contribution >= 4 is 11.8 Å². The molecule has 4 nitrogen and oxygen atoms in total. The van der Waals surface area contributed by atoms with Gasteiger partial charge in [-0.3, -0.25) is 9.59 Å². The number of nitrogens with one attached hydrogen (secondary N) is 1. The Balaban J connectivity index is 3.20. The first-order valence-electron chi connectivity index (χ1n) is 9.89. The minimum absolute atomic E-state index is 0.110. The molecule has 0 aromatic heterocycles. The molecule has 0 aliphatic rings. The summed E-state index contributed by atoms with van der Waals surface area (Å²) in [7, 11) is 0. The molecule has 0 unspecified atom stereocenters. The minimum Gasteiger partial charge on any atom is -0.370 e. The maximum absolute atomic E-state index is 11.3. The lowest BCUT2D eigenvalue weighted by atomic mass is 10.0. The molecule has 2 amide bonds. The highest BCUT2D eigenvalue weighted by atomic mass is 16.2. The Morgan fingerprint density at radius 2 is 1.29 bits per heavy atom. The Bertz CT molecular complexity index is 341. The van der Waals surface area contributed by atoms with Crippen molar-refractivity contribution in [1.29, 1.82) is 0 Å². The Kier molecular flexibility index (Phi) is 17.0. The normalized spacial score (nSPS) is 11.0. The van der Waals surface area contributed by atoms with Crippen LogP contribution >= 0.6 is 0 Å². The van der Waals surface area contributed by atoms with Gasteiger partial charge in [-0.2, -0.15) is 0 Å². The molecule has 3 N–H and O–H groups in total. The highest BCUT2D eigenvalue weighted by molar-refractivity contribution is 5.83. The van der Waals surface area contributed by atoms with Crippen LogP contribution in [0.2, 0.25) is 0 Å². The summed E-state index contributed by atoms with van der Waals surface area (Å²) >= 11 is 0. The van der Waals surface area contributed by atoms with Gasteiger partial charge in [-0.05, 0) is 19.0 Å². The summed E-state index contributed by atoms with van der Waals surface area (Å²) in [6, 6.07) is 0. The Morgan fingerprint density at radius 3 is 1.79 bits per heavy atom. The van der Waals surface area contributed by atoms with E-state index in [1.165, 1.54) is 77.0 Å². The van der Waals surface area contributed by atoms with Gasteiger partial charge in [-0.25, -0.2) is 0 Å². The molecular formula is C20H38N2O2. The molecule has 0 atom stereocenters. The smallest absolute Gasteiger partial charge is 0.224 e. The lowest BCUT2D eigenvalue weighted by Gasteiger charge is -2.02. The molecule has 4 heteroatoms. The van der Waals surface area contributed by atoms with Crippen LogP contribution in [-0.2, 0) is 9.59 Å². The number of unbranched alkanes of at least 4 members (excludes halogenated alkanes) is 12. The predicted octanol–water partition coefficient (Wildman–Crippen LogP) is 4.97. The van der Waals surface area contributed by atoms with E-state index in [0.29, 0.717) is 0 Å². The molecular weight excluding hydrogens is 300 g/mol. The SMILES string of the molecule is CCCCCCCCCCCCCCC=CNC(=O)CCC(N)=O. The number of allylic oxidation sites excluding steroid dienone is 1.